The van der Waals surface area contributed by atoms with Gasteiger partial charge in [-0.05, 0) is 37.6 Å². The summed E-state index contributed by atoms with van der Waals surface area (Å²) in [6.45, 7) is 3.71. The Morgan fingerprint density at radius 1 is 1.35 bits per heavy atom. The summed E-state index contributed by atoms with van der Waals surface area (Å²) in [5.74, 6) is 0.727. The summed E-state index contributed by atoms with van der Waals surface area (Å²) < 4.78 is 5.06. The topological polar surface area (TPSA) is 84.1 Å². The van der Waals surface area contributed by atoms with Crippen LogP contribution in [-0.2, 0) is 11.2 Å². The number of aryl methyl sites for hydroxylation is 1. The van der Waals surface area contributed by atoms with E-state index >= 15 is 0 Å². The standard InChI is InChI=1S/C16H19N3O3S/c1-4-13-10(2)17-16(19-15(13)21)23-9-14(20)18-11-5-7-12(22-3)8-6-11/h5-8H,4,9H2,1-3H3,(H,18,20)(H,17,19,21). The zero-order valence-electron chi connectivity index (χ0n) is 13.3. The minimum atomic E-state index is -0.167. The van der Waals surface area contributed by atoms with Crippen LogP contribution in [0.1, 0.15) is 18.2 Å². The maximum absolute atomic E-state index is 12.0. The molecule has 1 amide bonds. The van der Waals surface area contributed by atoms with Crippen molar-refractivity contribution in [3.63, 3.8) is 0 Å². The molecule has 0 saturated carbocycles. The third kappa shape index (κ3) is 4.59. The summed E-state index contributed by atoms with van der Waals surface area (Å²) in [7, 11) is 1.59. The van der Waals surface area contributed by atoms with Crippen molar-refractivity contribution >= 4 is 23.4 Å². The number of methoxy groups -OCH3 is 1. The molecule has 0 aliphatic rings. The van der Waals surface area contributed by atoms with Gasteiger partial charge < -0.3 is 15.0 Å². The van der Waals surface area contributed by atoms with Crippen LogP contribution in [0.5, 0.6) is 5.75 Å². The number of nitrogens with zero attached hydrogens (tertiary/aromatic N) is 1. The number of carbonyl (C=O) groups excluding carboxylic acids is 1. The van der Waals surface area contributed by atoms with Crippen molar-refractivity contribution in [2.24, 2.45) is 0 Å². The molecule has 7 heteroatoms. The number of hydrogen-bond donors (Lipinski definition) is 2. The van der Waals surface area contributed by atoms with Crippen LogP contribution in [0.25, 0.3) is 0 Å². The monoisotopic (exact) mass is 333 g/mol. The van der Waals surface area contributed by atoms with Gasteiger partial charge in [0.25, 0.3) is 5.56 Å². The summed E-state index contributed by atoms with van der Waals surface area (Å²) in [4.78, 5) is 30.8. The zero-order chi connectivity index (χ0) is 16.8. The van der Waals surface area contributed by atoms with Gasteiger partial charge in [-0.1, -0.05) is 18.7 Å². The normalized spacial score (nSPS) is 10.4. The summed E-state index contributed by atoms with van der Waals surface area (Å²) in [5.41, 5.74) is 1.93. The predicted octanol–water partition coefficient (Wildman–Crippen LogP) is 2.38. The van der Waals surface area contributed by atoms with Gasteiger partial charge in [0.05, 0.1) is 12.9 Å². The van der Waals surface area contributed by atoms with Gasteiger partial charge in [0.15, 0.2) is 5.16 Å². The lowest BCUT2D eigenvalue weighted by Crippen LogP contribution is -2.18. The fourth-order valence-electron chi connectivity index (χ4n) is 2.07. The Hall–Kier alpha value is -2.28. The van der Waals surface area contributed by atoms with Crippen molar-refractivity contribution in [1.29, 1.82) is 0 Å². The molecule has 0 fully saturated rings. The number of hydrogen-bond acceptors (Lipinski definition) is 5. The highest BCUT2D eigenvalue weighted by Crippen LogP contribution is 2.17. The summed E-state index contributed by atoms with van der Waals surface area (Å²) in [5, 5.41) is 3.23. The number of aromatic amines is 1. The zero-order valence-corrected chi connectivity index (χ0v) is 14.1. The molecule has 0 atom stereocenters. The van der Waals surface area contributed by atoms with E-state index in [0.29, 0.717) is 28.5 Å². The molecular weight excluding hydrogens is 314 g/mol. The highest BCUT2D eigenvalue weighted by molar-refractivity contribution is 7.99. The first-order chi connectivity index (χ1) is 11.0. The second-order valence-electron chi connectivity index (χ2n) is 4.85. The molecule has 1 aromatic carbocycles. The molecule has 6 nitrogen and oxygen atoms in total. The van der Waals surface area contributed by atoms with E-state index in [2.05, 4.69) is 15.3 Å². The van der Waals surface area contributed by atoms with Crippen molar-refractivity contribution < 1.29 is 9.53 Å². The quantitative estimate of drug-likeness (QED) is 0.626. The van der Waals surface area contributed by atoms with E-state index in [1.54, 1.807) is 38.3 Å². The number of thioether (sulfide) groups is 1. The highest BCUT2D eigenvalue weighted by atomic mass is 32.2. The fraction of sp³-hybridized carbons (Fsp3) is 0.312. The van der Waals surface area contributed by atoms with Crippen molar-refractivity contribution in [3.8, 4) is 5.75 Å². The van der Waals surface area contributed by atoms with Gasteiger partial charge in [0.2, 0.25) is 5.91 Å². The predicted molar refractivity (Wildman–Crippen MR) is 91.3 cm³/mol. The molecule has 0 aliphatic carbocycles. The van der Waals surface area contributed by atoms with Gasteiger partial charge >= 0.3 is 0 Å². The van der Waals surface area contributed by atoms with Crippen molar-refractivity contribution in [3.05, 3.63) is 45.9 Å². The fourth-order valence-corrected chi connectivity index (χ4v) is 2.78. The number of nitrogens with one attached hydrogen (secondary N) is 2. The van der Waals surface area contributed by atoms with Crippen LogP contribution in [0.2, 0.25) is 0 Å². The molecule has 0 aliphatic heterocycles. The van der Waals surface area contributed by atoms with E-state index in [1.165, 1.54) is 11.8 Å². The summed E-state index contributed by atoms with van der Waals surface area (Å²) in [6, 6.07) is 7.08. The lowest BCUT2D eigenvalue weighted by atomic mass is 10.2. The van der Waals surface area contributed by atoms with E-state index in [-0.39, 0.29) is 17.2 Å². The van der Waals surface area contributed by atoms with E-state index in [9.17, 15) is 9.59 Å². The van der Waals surface area contributed by atoms with Gasteiger partial charge in [-0.25, -0.2) is 4.98 Å². The van der Waals surface area contributed by atoms with Crippen LogP contribution >= 0.6 is 11.8 Å². The second-order valence-corrected chi connectivity index (χ2v) is 5.82. The molecular formula is C16H19N3O3S. The van der Waals surface area contributed by atoms with E-state index in [0.717, 1.165) is 5.75 Å². The molecule has 0 bridgehead atoms. The van der Waals surface area contributed by atoms with Crippen LogP contribution in [0, 0.1) is 6.92 Å². The number of anilines is 1. The molecule has 122 valence electrons. The first-order valence-corrected chi connectivity index (χ1v) is 8.18. The van der Waals surface area contributed by atoms with Crippen LogP contribution < -0.4 is 15.6 Å². The minimum absolute atomic E-state index is 0.141. The Bertz CT molecular complexity index is 741. The van der Waals surface area contributed by atoms with Crippen molar-refractivity contribution in [1.82, 2.24) is 9.97 Å². The van der Waals surface area contributed by atoms with Gasteiger partial charge in [0.1, 0.15) is 5.75 Å². The molecule has 0 unspecified atom stereocenters. The Morgan fingerprint density at radius 3 is 2.61 bits per heavy atom. The smallest absolute Gasteiger partial charge is 0.254 e. The number of amides is 1. The third-order valence-electron chi connectivity index (χ3n) is 3.27. The van der Waals surface area contributed by atoms with Gasteiger partial charge in [-0.15, -0.1) is 0 Å². The largest absolute Gasteiger partial charge is 0.497 e. The molecule has 1 heterocycles. The molecule has 0 spiro atoms. The van der Waals surface area contributed by atoms with Gasteiger partial charge in [0, 0.05) is 16.9 Å². The third-order valence-corrected chi connectivity index (χ3v) is 4.14. The van der Waals surface area contributed by atoms with E-state index < -0.39 is 0 Å². The van der Waals surface area contributed by atoms with Crippen LogP contribution in [0.3, 0.4) is 0 Å². The van der Waals surface area contributed by atoms with E-state index in [1.807, 2.05) is 6.92 Å². The van der Waals surface area contributed by atoms with Crippen LogP contribution in [0.4, 0.5) is 5.69 Å². The average molecular weight is 333 g/mol. The average Bonchev–Trinajstić information content (AvgIpc) is 2.53. The number of H-pyrrole nitrogens is 1. The summed E-state index contributed by atoms with van der Waals surface area (Å²) in [6.07, 6.45) is 0.636. The number of ether oxygens (including phenoxy) is 1. The molecule has 2 rings (SSSR count). The van der Waals surface area contributed by atoms with Gasteiger partial charge in [-0.2, -0.15) is 0 Å². The minimum Gasteiger partial charge on any atom is -0.497 e. The Kier molecular flexibility index (Phi) is 5.81. The Morgan fingerprint density at radius 2 is 2.04 bits per heavy atom. The number of benzene rings is 1. The van der Waals surface area contributed by atoms with Crippen molar-refractivity contribution in [2.75, 3.05) is 18.2 Å². The van der Waals surface area contributed by atoms with Crippen molar-refractivity contribution in [2.45, 2.75) is 25.4 Å². The Balaban J connectivity index is 1.95. The second kappa shape index (κ2) is 7.82. The molecule has 2 aromatic rings. The molecule has 2 N–H and O–H groups in total. The molecule has 23 heavy (non-hydrogen) atoms. The van der Waals surface area contributed by atoms with Crippen LogP contribution in [-0.4, -0.2) is 28.7 Å². The van der Waals surface area contributed by atoms with E-state index in [4.69, 9.17) is 4.74 Å². The number of aromatic nitrogens is 2. The van der Waals surface area contributed by atoms with Gasteiger partial charge in [-0.3, -0.25) is 9.59 Å². The number of rotatable bonds is 6. The molecule has 1 aromatic heterocycles. The number of carbonyl (C=O) groups is 1. The first-order valence-electron chi connectivity index (χ1n) is 7.20. The SMILES string of the molecule is CCc1c(C)nc(SCC(=O)Nc2ccc(OC)cc2)[nH]c1=O. The lowest BCUT2D eigenvalue weighted by Gasteiger charge is -2.07. The summed E-state index contributed by atoms with van der Waals surface area (Å²) >= 11 is 1.20. The highest BCUT2D eigenvalue weighted by Gasteiger charge is 2.09. The maximum Gasteiger partial charge on any atom is 0.254 e. The first kappa shape index (κ1) is 17.1. The molecule has 0 radical (unpaired) electrons. The van der Waals surface area contributed by atoms with Crippen LogP contribution in [0.15, 0.2) is 34.2 Å². The lowest BCUT2D eigenvalue weighted by molar-refractivity contribution is -0.113. The molecule has 0 saturated heterocycles. The Labute approximate surface area is 138 Å². The maximum atomic E-state index is 12.0.